The molecule has 1 atom stereocenters. The molecule has 0 radical (unpaired) electrons. The molecule has 3 rings (SSSR count). The number of benzene rings is 1. The van der Waals surface area contributed by atoms with Gasteiger partial charge in [0.15, 0.2) is 11.3 Å². The van der Waals surface area contributed by atoms with Gasteiger partial charge in [-0.25, -0.2) is 0 Å². The van der Waals surface area contributed by atoms with E-state index in [0.29, 0.717) is 5.75 Å². The largest absolute Gasteiger partial charge is 0.472 e. The highest BCUT2D eigenvalue weighted by Gasteiger charge is 2.10. The van der Waals surface area contributed by atoms with Gasteiger partial charge in [-0.2, -0.15) is 11.3 Å². The van der Waals surface area contributed by atoms with E-state index in [1.54, 1.807) is 17.6 Å². The first kappa shape index (κ1) is 12.3. The minimum atomic E-state index is -0.324. The third-order valence-electron chi connectivity index (χ3n) is 3.02. The van der Waals surface area contributed by atoms with Gasteiger partial charge in [0.1, 0.15) is 6.23 Å². The van der Waals surface area contributed by atoms with Crippen molar-refractivity contribution in [3.8, 4) is 5.75 Å². The highest BCUT2D eigenvalue weighted by molar-refractivity contribution is 7.07. The molecule has 0 bridgehead atoms. The predicted molar refractivity (Wildman–Crippen MR) is 77.5 cm³/mol. The van der Waals surface area contributed by atoms with E-state index in [2.05, 4.69) is 16.8 Å². The fraction of sp³-hybridized carbons (Fsp3) is 0.200. The lowest BCUT2D eigenvalue weighted by Crippen LogP contribution is -2.27. The molecule has 98 valence electrons. The van der Waals surface area contributed by atoms with Crippen molar-refractivity contribution in [1.29, 1.82) is 0 Å². The first-order chi connectivity index (χ1) is 9.33. The van der Waals surface area contributed by atoms with Crippen molar-refractivity contribution in [1.82, 2.24) is 0 Å². The van der Waals surface area contributed by atoms with E-state index < -0.39 is 0 Å². The Labute approximate surface area is 115 Å². The number of fused-ring (bicyclic) bond motifs is 1. The van der Waals surface area contributed by atoms with E-state index in [9.17, 15) is 0 Å². The summed E-state index contributed by atoms with van der Waals surface area (Å²) in [7, 11) is 0. The highest BCUT2D eigenvalue weighted by atomic mass is 32.1. The Bertz CT molecular complexity index is 645. The number of hydrogen-bond acceptors (Lipinski definition) is 4. The van der Waals surface area contributed by atoms with Crippen LogP contribution in [0.2, 0.25) is 0 Å². The van der Waals surface area contributed by atoms with Gasteiger partial charge in [-0.3, -0.25) is 5.73 Å². The minimum Gasteiger partial charge on any atom is -0.472 e. The van der Waals surface area contributed by atoms with Gasteiger partial charge in [0.2, 0.25) is 0 Å². The van der Waals surface area contributed by atoms with Crippen LogP contribution in [-0.2, 0) is 6.42 Å². The summed E-state index contributed by atoms with van der Waals surface area (Å²) in [6, 6.07) is 9.85. The number of furan rings is 1. The Balaban J connectivity index is 1.65. The van der Waals surface area contributed by atoms with Gasteiger partial charge in [-0.15, -0.1) is 0 Å². The van der Waals surface area contributed by atoms with Crippen LogP contribution in [0.1, 0.15) is 12.0 Å². The van der Waals surface area contributed by atoms with Gasteiger partial charge < -0.3 is 9.15 Å². The van der Waals surface area contributed by atoms with Crippen molar-refractivity contribution in [2.75, 3.05) is 0 Å². The lowest BCUT2D eigenvalue weighted by molar-refractivity contribution is 0.199. The van der Waals surface area contributed by atoms with Crippen molar-refractivity contribution in [2.45, 2.75) is 19.1 Å². The van der Waals surface area contributed by atoms with Gasteiger partial charge in [-0.1, -0.05) is 12.1 Å². The summed E-state index contributed by atoms with van der Waals surface area (Å²) in [4.78, 5) is 0. The summed E-state index contributed by atoms with van der Waals surface area (Å²) in [5, 5.41) is 5.24. The second-order valence-corrected chi connectivity index (χ2v) is 5.20. The average Bonchev–Trinajstić information content (AvgIpc) is 3.08. The molecule has 3 nitrogen and oxygen atoms in total. The average molecular weight is 273 g/mol. The zero-order chi connectivity index (χ0) is 13.1. The van der Waals surface area contributed by atoms with Crippen LogP contribution in [0.5, 0.6) is 5.75 Å². The molecule has 0 saturated carbocycles. The van der Waals surface area contributed by atoms with Crippen molar-refractivity contribution < 1.29 is 9.15 Å². The summed E-state index contributed by atoms with van der Waals surface area (Å²) in [6.45, 7) is 0. The van der Waals surface area contributed by atoms with Gasteiger partial charge in [0, 0.05) is 11.8 Å². The van der Waals surface area contributed by atoms with Gasteiger partial charge in [-0.05, 0) is 40.9 Å². The molecule has 0 aliphatic rings. The Morgan fingerprint density at radius 1 is 1.26 bits per heavy atom. The molecule has 1 aromatic carbocycles. The monoisotopic (exact) mass is 273 g/mol. The van der Waals surface area contributed by atoms with E-state index in [0.717, 1.165) is 23.8 Å². The number of hydrogen-bond donors (Lipinski definition) is 1. The van der Waals surface area contributed by atoms with Crippen molar-refractivity contribution >= 4 is 22.3 Å². The lowest BCUT2D eigenvalue weighted by Gasteiger charge is -2.14. The van der Waals surface area contributed by atoms with Crippen LogP contribution in [0.4, 0.5) is 0 Å². The smallest absolute Gasteiger partial charge is 0.175 e. The summed E-state index contributed by atoms with van der Waals surface area (Å²) < 4.78 is 11.2. The molecule has 0 fully saturated rings. The number of ether oxygens (including phenoxy) is 1. The minimum absolute atomic E-state index is 0.324. The fourth-order valence-electron chi connectivity index (χ4n) is 2.02. The molecule has 19 heavy (non-hydrogen) atoms. The number of rotatable bonds is 5. The van der Waals surface area contributed by atoms with Gasteiger partial charge in [0.25, 0.3) is 0 Å². The first-order valence-corrected chi connectivity index (χ1v) is 7.17. The molecule has 4 heteroatoms. The first-order valence-electron chi connectivity index (χ1n) is 6.22. The molecule has 2 aromatic heterocycles. The van der Waals surface area contributed by atoms with E-state index >= 15 is 0 Å². The van der Waals surface area contributed by atoms with E-state index in [1.165, 1.54) is 5.56 Å². The van der Waals surface area contributed by atoms with Crippen LogP contribution < -0.4 is 10.5 Å². The molecule has 1 unspecified atom stereocenters. The molecule has 2 N–H and O–H groups in total. The zero-order valence-corrected chi connectivity index (χ0v) is 11.2. The summed E-state index contributed by atoms with van der Waals surface area (Å²) in [5.74, 6) is 0.709. The second-order valence-electron chi connectivity index (χ2n) is 4.42. The molecular weight excluding hydrogens is 258 g/mol. The van der Waals surface area contributed by atoms with Crippen LogP contribution in [0.3, 0.4) is 0 Å². The van der Waals surface area contributed by atoms with Gasteiger partial charge >= 0.3 is 0 Å². The Kier molecular flexibility index (Phi) is 3.53. The maximum Gasteiger partial charge on any atom is 0.175 e. The molecule has 2 heterocycles. The molecule has 0 saturated heterocycles. The quantitative estimate of drug-likeness (QED) is 0.719. The zero-order valence-electron chi connectivity index (χ0n) is 10.4. The van der Waals surface area contributed by atoms with Crippen molar-refractivity contribution in [3.05, 3.63) is 52.9 Å². The maximum absolute atomic E-state index is 6.02. The lowest BCUT2D eigenvalue weighted by atomic mass is 10.2. The number of nitrogens with two attached hydrogens (primary N) is 1. The fourth-order valence-corrected chi connectivity index (χ4v) is 2.73. The highest BCUT2D eigenvalue weighted by Crippen LogP contribution is 2.27. The summed E-state index contributed by atoms with van der Waals surface area (Å²) >= 11 is 1.70. The molecule has 0 aliphatic carbocycles. The molecule has 0 amide bonds. The third kappa shape index (κ3) is 2.80. The van der Waals surface area contributed by atoms with Crippen LogP contribution in [0.15, 0.2) is 51.8 Å². The normalized spacial score (nSPS) is 12.7. The standard InChI is InChI=1S/C15H15NO2S/c16-14(5-4-11-7-9-19-10-11)18-13-3-1-2-12-6-8-17-15(12)13/h1-3,6-10,14H,4-5,16H2. The van der Waals surface area contributed by atoms with Crippen LogP contribution >= 0.6 is 11.3 Å². The van der Waals surface area contributed by atoms with Gasteiger partial charge in [0.05, 0.1) is 6.26 Å². The Morgan fingerprint density at radius 3 is 3.05 bits per heavy atom. The number of aryl methyl sites for hydroxylation is 1. The number of thiophene rings is 1. The van der Waals surface area contributed by atoms with E-state index in [-0.39, 0.29) is 6.23 Å². The maximum atomic E-state index is 6.02. The van der Waals surface area contributed by atoms with Crippen LogP contribution in [0.25, 0.3) is 11.0 Å². The Hall–Kier alpha value is -1.78. The molecule has 3 aromatic rings. The summed E-state index contributed by atoms with van der Waals surface area (Å²) in [6.07, 6.45) is 3.05. The van der Waals surface area contributed by atoms with E-state index in [1.807, 2.05) is 24.3 Å². The predicted octanol–water partition coefficient (Wildman–Crippen LogP) is 3.79. The van der Waals surface area contributed by atoms with Crippen molar-refractivity contribution in [3.63, 3.8) is 0 Å². The van der Waals surface area contributed by atoms with Crippen LogP contribution in [-0.4, -0.2) is 6.23 Å². The molecule has 0 spiro atoms. The summed E-state index contributed by atoms with van der Waals surface area (Å²) in [5.41, 5.74) is 8.09. The second kappa shape index (κ2) is 5.47. The Morgan fingerprint density at radius 2 is 2.21 bits per heavy atom. The van der Waals surface area contributed by atoms with Crippen molar-refractivity contribution in [2.24, 2.45) is 5.73 Å². The topological polar surface area (TPSA) is 48.4 Å². The molecule has 0 aliphatic heterocycles. The number of para-hydroxylation sites is 1. The SMILES string of the molecule is NC(CCc1ccsc1)Oc1cccc2ccoc12. The molecular formula is C15H15NO2S. The third-order valence-corrected chi connectivity index (χ3v) is 3.75. The van der Waals surface area contributed by atoms with Crippen LogP contribution in [0, 0.1) is 0 Å². The van der Waals surface area contributed by atoms with E-state index in [4.69, 9.17) is 14.9 Å².